The van der Waals surface area contributed by atoms with E-state index in [4.69, 9.17) is 0 Å². The SMILES string of the molecule is CC(=O)Nc1ccc(CCNC(=O)C2CCCN2)cc1. The third-order valence-electron chi connectivity index (χ3n) is 3.36. The van der Waals surface area contributed by atoms with Gasteiger partial charge in [0.05, 0.1) is 6.04 Å². The van der Waals surface area contributed by atoms with Crippen LogP contribution in [-0.2, 0) is 16.0 Å². The lowest BCUT2D eigenvalue weighted by Crippen LogP contribution is -2.41. The second kappa shape index (κ2) is 7.05. The lowest BCUT2D eigenvalue weighted by atomic mass is 10.1. The Bertz CT molecular complexity index is 465. The van der Waals surface area contributed by atoms with Crippen LogP contribution in [-0.4, -0.2) is 30.9 Å². The molecule has 1 aliphatic heterocycles. The monoisotopic (exact) mass is 275 g/mol. The first-order valence-corrected chi connectivity index (χ1v) is 7.03. The van der Waals surface area contributed by atoms with E-state index in [9.17, 15) is 9.59 Å². The molecule has 5 heteroatoms. The minimum Gasteiger partial charge on any atom is -0.354 e. The van der Waals surface area contributed by atoms with Crippen molar-refractivity contribution in [1.82, 2.24) is 10.6 Å². The van der Waals surface area contributed by atoms with Gasteiger partial charge in [-0.1, -0.05) is 12.1 Å². The molecule has 1 atom stereocenters. The van der Waals surface area contributed by atoms with E-state index in [0.717, 1.165) is 37.1 Å². The first-order chi connectivity index (χ1) is 9.65. The van der Waals surface area contributed by atoms with Crippen LogP contribution in [0.1, 0.15) is 25.3 Å². The summed E-state index contributed by atoms with van der Waals surface area (Å²) < 4.78 is 0. The minimum atomic E-state index is -0.0749. The maximum Gasteiger partial charge on any atom is 0.237 e. The van der Waals surface area contributed by atoms with E-state index in [1.54, 1.807) is 0 Å². The molecule has 0 aromatic heterocycles. The van der Waals surface area contributed by atoms with Crippen molar-refractivity contribution < 1.29 is 9.59 Å². The third kappa shape index (κ3) is 4.35. The molecule has 1 unspecified atom stereocenters. The van der Waals surface area contributed by atoms with Crippen molar-refractivity contribution in [2.24, 2.45) is 0 Å². The molecule has 3 N–H and O–H groups in total. The van der Waals surface area contributed by atoms with Crippen molar-refractivity contribution in [3.63, 3.8) is 0 Å². The maximum atomic E-state index is 11.8. The standard InChI is InChI=1S/C15H21N3O2/c1-11(19)18-13-6-4-12(5-7-13)8-10-17-15(20)14-3-2-9-16-14/h4-7,14,16H,2-3,8-10H2,1H3,(H,17,20)(H,18,19). The fourth-order valence-corrected chi connectivity index (χ4v) is 2.32. The average Bonchev–Trinajstić information content (AvgIpc) is 2.94. The first-order valence-electron chi connectivity index (χ1n) is 7.03. The van der Waals surface area contributed by atoms with Crippen molar-refractivity contribution in [2.45, 2.75) is 32.2 Å². The zero-order valence-electron chi connectivity index (χ0n) is 11.7. The molecular formula is C15H21N3O2. The summed E-state index contributed by atoms with van der Waals surface area (Å²) in [4.78, 5) is 22.7. The predicted octanol–water partition coefficient (Wildman–Crippen LogP) is 1.06. The molecule has 1 heterocycles. The zero-order valence-corrected chi connectivity index (χ0v) is 11.7. The summed E-state index contributed by atoms with van der Waals surface area (Å²) in [6.45, 7) is 3.06. The van der Waals surface area contributed by atoms with Crippen LogP contribution in [0.5, 0.6) is 0 Å². The number of rotatable bonds is 5. The van der Waals surface area contributed by atoms with E-state index in [2.05, 4.69) is 16.0 Å². The van der Waals surface area contributed by atoms with Gasteiger partial charge in [-0.05, 0) is 43.5 Å². The molecule has 0 radical (unpaired) electrons. The Morgan fingerprint density at radius 2 is 2.05 bits per heavy atom. The van der Waals surface area contributed by atoms with Gasteiger partial charge < -0.3 is 16.0 Å². The van der Waals surface area contributed by atoms with Crippen molar-refractivity contribution in [1.29, 1.82) is 0 Å². The summed E-state index contributed by atoms with van der Waals surface area (Å²) in [6.07, 6.45) is 2.79. The van der Waals surface area contributed by atoms with Crippen LogP contribution in [0, 0.1) is 0 Å². The minimum absolute atomic E-state index is 0.0165. The predicted molar refractivity (Wildman–Crippen MR) is 78.5 cm³/mol. The molecular weight excluding hydrogens is 254 g/mol. The molecule has 0 bridgehead atoms. The van der Waals surface area contributed by atoms with Crippen molar-refractivity contribution >= 4 is 17.5 Å². The summed E-state index contributed by atoms with van der Waals surface area (Å²) in [5.41, 5.74) is 1.93. The topological polar surface area (TPSA) is 70.2 Å². The molecule has 5 nitrogen and oxygen atoms in total. The first kappa shape index (κ1) is 14.5. The Kier molecular flexibility index (Phi) is 5.12. The number of anilines is 1. The molecule has 0 spiro atoms. The van der Waals surface area contributed by atoms with Gasteiger partial charge in [0, 0.05) is 19.2 Å². The lowest BCUT2D eigenvalue weighted by Gasteiger charge is -2.11. The number of benzene rings is 1. The quantitative estimate of drug-likeness (QED) is 0.752. The highest BCUT2D eigenvalue weighted by Crippen LogP contribution is 2.10. The van der Waals surface area contributed by atoms with Crippen LogP contribution in [0.15, 0.2) is 24.3 Å². The highest BCUT2D eigenvalue weighted by atomic mass is 16.2. The molecule has 0 aliphatic carbocycles. The molecule has 2 amide bonds. The van der Waals surface area contributed by atoms with E-state index in [1.165, 1.54) is 6.92 Å². The second-order valence-electron chi connectivity index (χ2n) is 5.07. The number of carbonyl (C=O) groups is 2. The average molecular weight is 275 g/mol. The molecule has 20 heavy (non-hydrogen) atoms. The zero-order chi connectivity index (χ0) is 14.4. The van der Waals surface area contributed by atoms with Gasteiger partial charge in [0.25, 0.3) is 0 Å². The Morgan fingerprint density at radius 1 is 1.30 bits per heavy atom. The van der Waals surface area contributed by atoms with E-state index < -0.39 is 0 Å². The molecule has 108 valence electrons. The molecule has 1 fully saturated rings. The van der Waals surface area contributed by atoms with Gasteiger partial charge in [0.15, 0.2) is 0 Å². The van der Waals surface area contributed by atoms with E-state index in [1.807, 2.05) is 24.3 Å². The van der Waals surface area contributed by atoms with Crippen LogP contribution in [0.2, 0.25) is 0 Å². The van der Waals surface area contributed by atoms with Crippen LogP contribution < -0.4 is 16.0 Å². The summed E-state index contributed by atoms with van der Waals surface area (Å²) in [6, 6.07) is 7.65. The van der Waals surface area contributed by atoms with Crippen LogP contribution in [0.25, 0.3) is 0 Å². The van der Waals surface area contributed by atoms with Crippen molar-refractivity contribution in [3.8, 4) is 0 Å². The van der Waals surface area contributed by atoms with Crippen molar-refractivity contribution in [2.75, 3.05) is 18.4 Å². The molecule has 0 saturated carbocycles. The number of hydrogen-bond acceptors (Lipinski definition) is 3. The fraction of sp³-hybridized carbons (Fsp3) is 0.467. The molecule has 1 aromatic carbocycles. The van der Waals surface area contributed by atoms with Crippen LogP contribution in [0.3, 0.4) is 0 Å². The molecule has 1 aromatic rings. The molecule has 1 aliphatic rings. The van der Waals surface area contributed by atoms with Gasteiger partial charge in [0.1, 0.15) is 0 Å². The maximum absolute atomic E-state index is 11.8. The van der Waals surface area contributed by atoms with Gasteiger partial charge >= 0.3 is 0 Å². The smallest absolute Gasteiger partial charge is 0.237 e. The number of nitrogens with one attached hydrogen (secondary N) is 3. The van der Waals surface area contributed by atoms with Gasteiger partial charge in [-0.15, -0.1) is 0 Å². The van der Waals surface area contributed by atoms with Crippen LogP contribution >= 0.6 is 0 Å². The van der Waals surface area contributed by atoms with Gasteiger partial charge in [-0.3, -0.25) is 9.59 Å². The summed E-state index contributed by atoms with van der Waals surface area (Å²) in [5, 5.41) is 8.85. The largest absolute Gasteiger partial charge is 0.354 e. The highest BCUT2D eigenvalue weighted by molar-refractivity contribution is 5.88. The summed E-state index contributed by atoms with van der Waals surface area (Å²) >= 11 is 0. The highest BCUT2D eigenvalue weighted by Gasteiger charge is 2.21. The molecule has 2 rings (SSSR count). The number of amides is 2. The normalized spacial score (nSPS) is 17.8. The fourth-order valence-electron chi connectivity index (χ4n) is 2.32. The Hall–Kier alpha value is -1.88. The summed E-state index contributed by atoms with van der Waals surface area (Å²) in [5.74, 6) is 0.0199. The summed E-state index contributed by atoms with van der Waals surface area (Å²) in [7, 11) is 0. The van der Waals surface area contributed by atoms with Crippen LogP contribution in [0.4, 0.5) is 5.69 Å². The van der Waals surface area contributed by atoms with Crippen molar-refractivity contribution in [3.05, 3.63) is 29.8 Å². The Morgan fingerprint density at radius 3 is 2.65 bits per heavy atom. The van der Waals surface area contributed by atoms with Gasteiger partial charge in [-0.25, -0.2) is 0 Å². The second-order valence-corrected chi connectivity index (χ2v) is 5.07. The van der Waals surface area contributed by atoms with E-state index in [0.29, 0.717) is 6.54 Å². The van der Waals surface area contributed by atoms with E-state index >= 15 is 0 Å². The lowest BCUT2D eigenvalue weighted by molar-refractivity contribution is -0.122. The number of carbonyl (C=O) groups excluding carboxylic acids is 2. The van der Waals surface area contributed by atoms with Gasteiger partial charge in [0.2, 0.25) is 11.8 Å². The Labute approximate surface area is 119 Å². The third-order valence-corrected chi connectivity index (χ3v) is 3.36. The van der Waals surface area contributed by atoms with Gasteiger partial charge in [-0.2, -0.15) is 0 Å². The van der Waals surface area contributed by atoms with E-state index in [-0.39, 0.29) is 17.9 Å². The Balaban J connectivity index is 1.73. The molecule has 1 saturated heterocycles. The number of hydrogen-bond donors (Lipinski definition) is 3.